The number of rotatable bonds is 7. The van der Waals surface area contributed by atoms with E-state index in [1.807, 2.05) is 12.1 Å². The Morgan fingerprint density at radius 2 is 1.07 bits per heavy atom. The minimum absolute atomic E-state index is 0. The Labute approximate surface area is 455 Å². The molecule has 74 heavy (non-hydrogen) atoms. The van der Waals surface area contributed by atoms with Crippen LogP contribution in [0.4, 0.5) is 22.7 Å². The molecule has 0 aliphatic carbocycles. The van der Waals surface area contributed by atoms with Crippen LogP contribution in [0.25, 0.3) is 49.9 Å². The molecule has 6 heteroatoms. The number of nitrogens with zero attached hydrogens (tertiary/aromatic N) is 4. The quantitative estimate of drug-likeness (QED) is 0.149. The SMILES string of the molecule is CC(C)(C)c1ccc(-c2cnc(-n3c4[c-]c(Oc5[c-]c(N6[CH-]N(c7cc(C(C)(C)C)cc(C(C)(C)C)c7)c7ccc(-c8ccccc8)cc76)ccc5)ccc4c4ccc(C(C)(C)C)cc43)cc2C(C)(C)C)cc1.[Pt]. The molecule has 0 fully saturated rings. The first-order valence-corrected chi connectivity index (χ1v) is 25.9. The van der Waals surface area contributed by atoms with Gasteiger partial charge in [-0.3, -0.25) is 0 Å². The van der Waals surface area contributed by atoms with Crippen LogP contribution in [-0.2, 0) is 48.1 Å². The number of fused-ring (bicyclic) bond motifs is 4. The largest absolute Gasteiger partial charge is 0.509 e. The Morgan fingerprint density at radius 1 is 0.459 bits per heavy atom. The summed E-state index contributed by atoms with van der Waals surface area (Å²) in [6.07, 6.45) is 2.07. The summed E-state index contributed by atoms with van der Waals surface area (Å²) >= 11 is 0. The fraction of sp³-hybridized carbons (Fsp3) is 0.294. The van der Waals surface area contributed by atoms with E-state index >= 15 is 0 Å². The molecule has 0 amide bonds. The maximum Gasteiger partial charge on any atom is 0.135 e. The van der Waals surface area contributed by atoms with Gasteiger partial charge in [0.1, 0.15) is 5.82 Å². The maximum atomic E-state index is 6.84. The van der Waals surface area contributed by atoms with E-state index in [9.17, 15) is 0 Å². The summed E-state index contributed by atoms with van der Waals surface area (Å²) in [6, 6.07) is 60.4. The van der Waals surface area contributed by atoms with Gasteiger partial charge in [-0.05, 0) is 113 Å². The summed E-state index contributed by atoms with van der Waals surface area (Å²) < 4.78 is 9.12. The van der Waals surface area contributed by atoms with Gasteiger partial charge < -0.3 is 19.1 Å². The summed E-state index contributed by atoms with van der Waals surface area (Å²) in [5.41, 5.74) is 17.0. The number of benzene rings is 7. The van der Waals surface area contributed by atoms with Gasteiger partial charge in [0.15, 0.2) is 0 Å². The molecule has 0 radical (unpaired) electrons. The molecule has 0 atom stereocenters. The molecule has 1 aliphatic rings. The second kappa shape index (κ2) is 19.1. The van der Waals surface area contributed by atoms with Gasteiger partial charge in [-0.1, -0.05) is 188 Å². The van der Waals surface area contributed by atoms with Crippen molar-refractivity contribution in [3.8, 4) is 39.6 Å². The number of ether oxygens (including phenoxy) is 1. The third kappa shape index (κ3) is 10.2. The average Bonchev–Trinajstić information content (AvgIpc) is 3.88. The van der Waals surface area contributed by atoms with Crippen molar-refractivity contribution >= 4 is 44.6 Å². The number of aromatic nitrogens is 2. The zero-order valence-electron chi connectivity index (χ0n) is 46.0. The molecule has 0 saturated heterocycles. The molecule has 9 aromatic rings. The summed E-state index contributed by atoms with van der Waals surface area (Å²) in [5, 5.41) is 2.23. The molecule has 3 heterocycles. The van der Waals surface area contributed by atoms with Crippen molar-refractivity contribution in [2.45, 2.75) is 131 Å². The van der Waals surface area contributed by atoms with Crippen LogP contribution in [-0.4, -0.2) is 9.55 Å². The van der Waals surface area contributed by atoms with Crippen LogP contribution in [0.2, 0.25) is 0 Å². The van der Waals surface area contributed by atoms with E-state index < -0.39 is 0 Å². The summed E-state index contributed by atoms with van der Waals surface area (Å²) in [6.45, 7) is 36.4. The van der Waals surface area contributed by atoms with Gasteiger partial charge in [0.05, 0.1) is 0 Å². The first kappa shape index (κ1) is 52.4. The van der Waals surface area contributed by atoms with Crippen LogP contribution in [0.5, 0.6) is 11.5 Å². The van der Waals surface area contributed by atoms with Crippen molar-refractivity contribution in [3.05, 3.63) is 198 Å². The Hall–Kier alpha value is -6.42. The normalized spacial score (nSPS) is 13.4. The molecular formula is C68H71N4OPt-3. The average molecular weight is 1160 g/mol. The van der Waals surface area contributed by atoms with Gasteiger partial charge in [-0.2, -0.15) is 12.1 Å². The van der Waals surface area contributed by atoms with E-state index in [-0.39, 0.29) is 48.1 Å². The van der Waals surface area contributed by atoms with Gasteiger partial charge in [-0.15, -0.1) is 48.1 Å². The molecule has 0 bridgehead atoms. The second-order valence-electron chi connectivity index (χ2n) is 25.3. The van der Waals surface area contributed by atoms with Crippen molar-refractivity contribution in [2.75, 3.05) is 9.80 Å². The van der Waals surface area contributed by atoms with Crippen LogP contribution in [0.15, 0.2) is 152 Å². The fourth-order valence-corrected chi connectivity index (χ4v) is 9.99. The van der Waals surface area contributed by atoms with Gasteiger partial charge in [-0.25, -0.2) is 4.98 Å². The van der Waals surface area contributed by atoms with Gasteiger partial charge >= 0.3 is 0 Å². The predicted molar refractivity (Wildman–Crippen MR) is 309 cm³/mol. The van der Waals surface area contributed by atoms with Crippen LogP contribution >= 0.6 is 0 Å². The van der Waals surface area contributed by atoms with Crippen molar-refractivity contribution in [1.82, 2.24) is 9.55 Å². The van der Waals surface area contributed by atoms with Crippen molar-refractivity contribution in [2.24, 2.45) is 0 Å². The number of hydrogen-bond acceptors (Lipinski definition) is 4. The Morgan fingerprint density at radius 3 is 1.70 bits per heavy atom. The van der Waals surface area contributed by atoms with Gasteiger partial charge in [0.25, 0.3) is 0 Å². The maximum absolute atomic E-state index is 6.84. The predicted octanol–water partition coefficient (Wildman–Crippen LogP) is 18.8. The van der Waals surface area contributed by atoms with E-state index in [2.05, 4.69) is 277 Å². The molecule has 0 unspecified atom stereocenters. The summed E-state index contributed by atoms with van der Waals surface area (Å²) in [4.78, 5) is 9.87. The molecule has 2 aromatic heterocycles. The third-order valence-electron chi connectivity index (χ3n) is 14.5. The Balaban J connectivity index is 0.00000672. The summed E-state index contributed by atoms with van der Waals surface area (Å²) in [7, 11) is 0. The van der Waals surface area contributed by atoms with E-state index in [1.54, 1.807) is 0 Å². The van der Waals surface area contributed by atoms with Crippen LogP contribution in [0, 0.1) is 18.8 Å². The minimum atomic E-state index is -0.164. The van der Waals surface area contributed by atoms with Crippen LogP contribution in [0.1, 0.15) is 132 Å². The third-order valence-corrected chi connectivity index (χ3v) is 14.5. The zero-order valence-corrected chi connectivity index (χ0v) is 48.3. The standard InChI is InChI=1S/C68H71N4O.Pt/c1-64(2,3)47-27-24-45(25-28-47)57-42-69-63(41-58(57)68(13,14)15)72-60-38-48(65(4,5)6)29-31-55(60)56-32-30-54(40-61(56)72)73-53-23-19-22-51(39-53)70-43-71(52-36-49(66(7,8)9)35-50(37-52)67(10,11)12)59-33-26-46(34-62(59)70)44-20-17-16-18-21-44;/h16-38,41-43H,1-15H3;/q-3;. The van der Waals surface area contributed by atoms with Crippen molar-refractivity contribution in [3.63, 3.8) is 0 Å². The van der Waals surface area contributed by atoms with E-state index in [4.69, 9.17) is 9.72 Å². The van der Waals surface area contributed by atoms with Gasteiger partial charge in [0.2, 0.25) is 0 Å². The number of pyridine rings is 1. The van der Waals surface area contributed by atoms with E-state index in [0.717, 1.165) is 61.5 Å². The molecule has 0 saturated carbocycles. The van der Waals surface area contributed by atoms with Crippen molar-refractivity contribution < 1.29 is 25.8 Å². The zero-order chi connectivity index (χ0) is 52.0. The topological polar surface area (TPSA) is 33.5 Å². The monoisotopic (exact) mass is 1150 g/mol. The molecule has 0 spiro atoms. The summed E-state index contributed by atoms with van der Waals surface area (Å²) in [5.74, 6) is 2.04. The first-order chi connectivity index (χ1) is 34.3. The number of hydrogen-bond donors (Lipinski definition) is 0. The second-order valence-corrected chi connectivity index (χ2v) is 25.3. The molecule has 5 nitrogen and oxygen atoms in total. The fourth-order valence-electron chi connectivity index (χ4n) is 9.99. The van der Waals surface area contributed by atoms with Crippen molar-refractivity contribution in [1.29, 1.82) is 0 Å². The molecular weight excluding hydrogens is 1080 g/mol. The Bertz CT molecular complexity index is 3500. The van der Waals surface area contributed by atoms with Gasteiger partial charge in [0, 0.05) is 66.9 Å². The van der Waals surface area contributed by atoms with Crippen LogP contribution in [0.3, 0.4) is 0 Å². The molecule has 0 N–H and O–H groups in total. The molecule has 382 valence electrons. The smallest absolute Gasteiger partial charge is 0.135 e. The molecule has 1 aliphatic heterocycles. The molecule has 10 rings (SSSR count). The first-order valence-electron chi connectivity index (χ1n) is 25.9. The molecule has 7 aromatic carbocycles. The van der Waals surface area contributed by atoms with Crippen LogP contribution < -0.4 is 14.5 Å². The Kier molecular flexibility index (Phi) is 13.5. The van der Waals surface area contributed by atoms with E-state index in [0.29, 0.717) is 11.5 Å². The van der Waals surface area contributed by atoms with E-state index in [1.165, 1.54) is 38.9 Å². The minimum Gasteiger partial charge on any atom is -0.509 e. The number of anilines is 4.